The van der Waals surface area contributed by atoms with Crippen LogP contribution in [0.3, 0.4) is 0 Å². The zero-order valence-electron chi connectivity index (χ0n) is 8.18. The first kappa shape index (κ1) is 10.9. The first-order valence-corrected chi connectivity index (χ1v) is 4.39. The summed E-state index contributed by atoms with van der Waals surface area (Å²) in [7, 11) is 1.77. The number of nitrogens with one attached hydrogen (secondary N) is 1. The molecule has 1 aromatic carbocycles. The van der Waals surface area contributed by atoms with Crippen molar-refractivity contribution in [2.24, 2.45) is 0 Å². The molecule has 0 radical (unpaired) electrons. The van der Waals surface area contributed by atoms with Crippen LogP contribution in [0.1, 0.15) is 6.92 Å². The molecule has 1 unspecified atom stereocenters. The Balaban J connectivity index is 2.63. The highest BCUT2D eigenvalue weighted by Crippen LogP contribution is 2.18. The van der Waals surface area contributed by atoms with Gasteiger partial charge in [-0.3, -0.25) is 0 Å². The van der Waals surface area contributed by atoms with Crippen molar-refractivity contribution in [3.8, 4) is 5.75 Å². The molecule has 0 bridgehead atoms. The minimum Gasteiger partial charge on any atom is -0.489 e. The maximum atomic E-state index is 13.0. The van der Waals surface area contributed by atoms with Gasteiger partial charge in [-0.15, -0.1) is 0 Å². The normalized spacial score (nSPS) is 12.6. The Labute approximate surface area is 81.9 Å². The summed E-state index contributed by atoms with van der Waals surface area (Å²) in [6.45, 7) is 2.19. The van der Waals surface area contributed by atoms with Gasteiger partial charge in [0, 0.05) is 6.04 Å². The third-order valence-electron chi connectivity index (χ3n) is 1.90. The van der Waals surface area contributed by atoms with Crippen molar-refractivity contribution in [3.05, 3.63) is 29.8 Å². The van der Waals surface area contributed by atoms with Gasteiger partial charge < -0.3 is 10.1 Å². The molecule has 1 N–H and O–H groups in total. The summed E-state index contributed by atoms with van der Waals surface area (Å²) in [5, 5.41) is 2.93. The summed E-state index contributed by atoms with van der Waals surface area (Å²) in [6.07, 6.45) is 0. The van der Waals surface area contributed by atoms with Gasteiger partial charge in [0.1, 0.15) is 6.61 Å². The number of benzene rings is 1. The lowest BCUT2D eigenvalue weighted by molar-refractivity contribution is 0.264. The molecule has 0 spiro atoms. The second-order valence-electron chi connectivity index (χ2n) is 3.05. The van der Waals surface area contributed by atoms with E-state index in [0.29, 0.717) is 6.61 Å². The fraction of sp³-hybridized carbons (Fsp3) is 0.400. The average molecular weight is 201 g/mol. The molecule has 0 aliphatic rings. The first-order valence-electron chi connectivity index (χ1n) is 4.39. The largest absolute Gasteiger partial charge is 0.489 e. The first-order chi connectivity index (χ1) is 6.65. The molecule has 78 valence electrons. The zero-order chi connectivity index (χ0) is 10.6. The van der Waals surface area contributed by atoms with Gasteiger partial charge in [0.05, 0.1) is 0 Å². The number of rotatable bonds is 4. The van der Waals surface area contributed by atoms with Gasteiger partial charge in [-0.05, 0) is 26.1 Å². The maximum absolute atomic E-state index is 13.0. The van der Waals surface area contributed by atoms with E-state index in [9.17, 15) is 8.78 Å². The molecule has 0 heterocycles. The van der Waals surface area contributed by atoms with Crippen LogP contribution in [0.4, 0.5) is 8.78 Å². The Morgan fingerprint density at radius 2 is 2.14 bits per heavy atom. The predicted octanol–water partition coefficient (Wildman–Crippen LogP) is 1.95. The van der Waals surface area contributed by atoms with E-state index in [-0.39, 0.29) is 11.8 Å². The molecular formula is C10H13F2NO. The number of hydrogen-bond donors (Lipinski definition) is 1. The van der Waals surface area contributed by atoms with Gasteiger partial charge in [-0.2, -0.15) is 4.39 Å². The van der Waals surface area contributed by atoms with Gasteiger partial charge in [-0.1, -0.05) is 6.07 Å². The topological polar surface area (TPSA) is 21.3 Å². The highest BCUT2D eigenvalue weighted by molar-refractivity contribution is 5.25. The van der Waals surface area contributed by atoms with E-state index in [2.05, 4.69) is 5.32 Å². The Morgan fingerprint density at radius 1 is 1.43 bits per heavy atom. The van der Waals surface area contributed by atoms with Crippen molar-refractivity contribution in [2.75, 3.05) is 13.7 Å². The minimum absolute atomic E-state index is 0.0490. The van der Waals surface area contributed by atoms with Crippen LogP contribution < -0.4 is 10.1 Å². The number of hydrogen-bond acceptors (Lipinski definition) is 2. The van der Waals surface area contributed by atoms with Crippen LogP contribution in [0.15, 0.2) is 18.2 Å². The van der Waals surface area contributed by atoms with Gasteiger partial charge in [-0.25, -0.2) is 4.39 Å². The number of ether oxygens (including phenoxy) is 1. The summed E-state index contributed by atoms with van der Waals surface area (Å²) in [5.74, 6) is -1.87. The van der Waals surface area contributed by atoms with Crippen molar-refractivity contribution >= 4 is 0 Å². The molecule has 1 rings (SSSR count). The summed E-state index contributed by atoms with van der Waals surface area (Å²) in [6, 6.07) is 3.97. The highest BCUT2D eigenvalue weighted by atomic mass is 19.2. The Hall–Kier alpha value is -1.16. The van der Waals surface area contributed by atoms with Gasteiger partial charge in [0.15, 0.2) is 11.6 Å². The van der Waals surface area contributed by atoms with Gasteiger partial charge >= 0.3 is 0 Å². The van der Waals surface area contributed by atoms with E-state index in [0.717, 1.165) is 6.07 Å². The second kappa shape index (κ2) is 4.91. The smallest absolute Gasteiger partial charge is 0.200 e. The van der Waals surface area contributed by atoms with Crippen molar-refractivity contribution in [2.45, 2.75) is 13.0 Å². The molecule has 2 nitrogen and oxygen atoms in total. The van der Waals surface area contributed by atoms with Gasteiger partial charge in [0.25, 0.3) is 0 Å². The molecule has 0 amide bonds. The third kappa shape index (κ3) is 2.67. The summed E-state index contributed by atoms with van der Waals surface area (Å²) >= 11 is 0. The molecule has 0 aliphatic carbocycles. The lowest BCUT2D eigenvalue weighted by atomic mass is 10.3. The fourth-order valence-electron chi connectivity index (χ4n) is 0.894. The molecule has 1 atom stereocenters. The lowest BCUT2D eigenvalue weighted by Crippen LogP contribution is -2.28. The highest BCUT2D eigenvalue weighted by Gasteiger charge is 2.09. The van der Waals surface area contributed by atoms with E-state index >= 15 is 0 Å². The standard InChI is InChI=1S/C10H13F2NO/c1-7(13-2)6-14-9-5-3-4-8(11)10(9)12/h3-5,7,13H,6H2,1-2H3. The Morgan fingerprint density at radius 3 is 2.79 bits per heavy atom. The van der Waals surface area contributed by atoms with Crippen LogP contribution in [0.2, 0.25) is 0 Å². The van der Waals surface area contributed by atoms with E-state index in [1.54, 1.807) is 7.05 Å². The molecule has 14 heavy (non-hydrogen) atoms. The van der Waals surface area contributed by atoms with E-state index in [1.165, 1.54) is 12.1 Å². The van der Waals surface area contributed by atoms with E-state index in [1.807, 2.05) is 6.92 Å². The van der Waals surface area contributed by atoms with Crippen LogP contribution in [0, 0.1) is 11.6 Å². The quantitative estimate of drug-likeness (QED) is 0.804. The fourth-order valence-corrected chi connectivity index (χ4v) is 0.894. The molecule has 0 aliphatic heterocycles. The number of likely N-dealkylation sites (N-methyl/N-ethyl adjacent to an activating group) is 1. The van der Waals surface area contributed by atoms with Crippen LogP contribution in [-0.2, 0) is 0 Å². The molecular weight excluding hydrogens is 188 g/mol. The second-order valence-corrected chi connectivity index (χ2v) is 3.05. The van der Waals surface area contributed by atoms with Crippen molar-refractivity contribution in [3.63, 3.8) is 0 Å². The molecule has 0 saturated carbocycles. The van der Waals surface area contributed by atoms with Crippen LogP contribution in [0.5, 0.6) is 5.75 Å². The van der Waals surface area contributed by atoms with E-state index in [4.69, 9.17) is 4.74 Å². The van der Waals surface area contributed by atoms with Crippen LogP contribution in [-0.4, -0.2) is 19.7 Å². The zero-order valence-corrected chi connectivity index (χ0v) is 8.18. The predicted molar refractivity (Wildman–Crippen MR) is 50.4 cm³/mol. The molecule has 0 saturated heterocycles. The minimum atomic E-state index is -0.934. The summed E-state index contributed by atoms with van der Waals surface area (Å²) in [4.78, 5) is 0. The molecule has 1 aromatic rings. The molecule has 0 aromatic heterocycles. The monoisotopic (exact) mass is 201 g/mol. The van der Waals surface area contributed by atoms with Crippen molar-refractivity contribution < 1.29 is 13.5 Å². The lowest BCUT2D eigenvalue weighted by Gasteiger charge is -2.12. The third-order valence-corrected chi connectivity index (χ3v) is 1.90. The number of halogens is 2. The Kier molecular flexibility index (Phi) is 3.83. The summed E-state index contributed by atoms with van der Waals surface area (Å²) in [5.41, 5.74) is 0. The molecule has 4 heteroatoms. The van der Waals surface area contributed by atoms with Crippen LogP contribution in [0.25, 0.3) is 0 Å². The molecule has 0 fully saturated rings. The van der Waals surface area contributed by atoms with Crippen LogP contribution >= 0.6 is 0 Å². The van der Waals surface area contributed by atoms with Crippen molar-refractivity contribution in [1.82, 2.24) is 5.32 Å². The van der Waals surface area contributed by atoms with Crippen molar-refractivity contribution in [1.29, 1.82) is 0 Å². The SMILES string of the molecule is CNC(C)COc1cccc(F)c1F. The van der Waals surface area contributed by atoms with E-state index < -0.39 is 11.6 Å². The Bertz CT molecular complexity index is 304. The maximum Gasteiger partial charge on any atom is 0.200 e. The summed E-state index contributed by atoms with van der Waals surface area (Å²) < 4.78 is 30.8. The average Bonchev–Trinajstić information content (AvgIpc) is 2.20. The van der Waals surface area contributed by atoms with Gasteiger partial charge in [0.2, 0.25) is 5.82 Å².